The van der Waals surface area contributed by atoms with Gasteiger partial charge in [0, 0.05) is 64.0 Å². The largest absolute Gasteiger partial charge is 0.455 e. The number of furan rings is 2. The van der Waals surface area contributed by atoms with Crippen LogP contribution in [-0.4, -0.2) is 15.0 Å². The van der Waals surface area contributed by atoms with Gasteiger partial charge in [-0.05, 0) is 41.5 Å². The molecular weight excluding hydrogens is 719 g/mol. The van der Waals surface area contributed by atoms with Gasteiger partial charge in [-0.1, -0.05) is 146 Å². The van der Waals surface area contributed by atoms with Crippen molar-refractivity contribution < 1.29 is 8.83 Å². The molecule has 0 aliphatic heterocycles. The molecule has 0 saturated carbocycles. The number of hydrogen-bond acceptors (Lipinski definition) is 6. The molecule has 5 nitrogen and oxygen atoms in total. The van der Waals surface area contributed by atoms with Crippen LogP contribution in [0.3, 0.4) is 0 Å². The third-order valence-corrected chi connectivity index (χ3v) is 12.2. The Bertz CT molecular complexity index is 3470. The fraction of sp³-hybridized carbons (Fsp3) is 0. The minimum atomic E-state index is 0.564. The molecule has 0 amide bonds. The zero-order valence-corrected chi connectivity index (χ0v) is 31.1. The first-order chi connectivity index (χ1) is 28.2. The molecule has 0 bridgehead atoms. The summed E-state index contributed by atoms with van der Waals surface area (Å²) in [6.07, 6.45) is 0. The first-order valence-corrected chi connectivity index (χ1v) is 19.7. The fourth-order valence-corrected chi connectivity index (χ4v) is 9.57. The fourth-order valence-electron chi connectivity index (χ4n) is 8.31. The van der Waals surface area contributed by atoms with Crippen LogP contribution in [0.4, 0.5) is 0 Å². The van der Waals surface area contributed by atoms with E-state index in [4.69, 9.17) is 23.8 Å². The van der Waals surface area contributed by atoms with Gasteiger partial charge in [0.05, 0.1) is 5.56 Å². The lowest BCUT2D eigenvalue weighted by Crippen LogP contribution is -2.00. The van der Waals surface area contributed by atoms with Crippen molar-refractivity contribution in [3.8, 4) is 56.4 Å². The van der Waals surface area contributed by atoms with Gasteiger partial charge >= 0.3 is 0 Å². The molecule has 12 aromatic rings. The van der Waals surface area contributed by atoms with E-state index in [1.54, 1.807) is 0 Å². The average Bonchev–Trinajstić information content (AvgIpc) is 3.98. The number of fused-ring (bicyclic) bond motifs is 9. The Morgan fingerprint density at radius 1 is 0.351 bits per heavy atom. The van der Waals surface area contributed by atoms with E-state index >= 15 is 0 Å². The summed E-state index contributed by atoms with van der Waals surface area (Å²) in [5, 5.41) is 6.78. The maximum Gasteiger partial charge on any atom is 0.167 e. The van der Waals surface area contributed by atoms with Crippen LogP contribution < -0.4 is 0 Å². The molecule has 4 heterocycles. The van der Waals surface area contributed by atoms with E-state index < -0.39 is 0 Å². The summed E-state index contributed by atoms with van der Waals surface area (Å²) < 4.78 is 15.7. The van der Waals surface area contributed by atoms with E-state index in [2.05, 4.69) is 97.1 Å². The third kappa shape index (κ3) is 5.04. The molecule has 0 unspecified atom stereocenters. The van der Waals surface area contributed by atoms with Crippen molar-refractivity contribution >= 4 is 75.4 Å². The highest BCUT2D eigenvalue weighted by atomic mass is 32.1. The number of hydrogen-bond donors (Lipinski definition) is 0. The molecule has 4 aromatic heterocycles. The maximum atomic E-state index is 6.70. The van der Waals surface area contributed by atoms with Crippen molar-refractivity contribution in [3.05, 3.63) is 176 Å². The van der Waals surface area contributed by atoms with Crippen LogP contribution in [-0.2, 0) is 0 Å². The molecule has 0 radical (unpaired) electrons. The molecular formula is C51H29N3O2S. The van der Waals surface area contributed by atoms with E-state index in [1.807, 2.05) is 90.2 Å². The second-order valence-corrected chi connectivity index (χ2v) is 15.3. The Morgan fingerprint density at radius 3 is 1.67 bits per heavy atom. The van der Waals surface area contributed by atoms with Crippen molar-refractivity contribution in [2.24, 2.45) is 0 Å². The number of rotatable bonds is 5. The lowest BCUT2D eigenvalue weighted by atomic mass is 9.93. The number of thiophene rings is 1. The molecule has 8 aromatic carbocycles. The Kier molecular flexibility index (Phi) is 7.03. The summed E-state index contributed by atoms with van der Waals surface area (Å²) in [6, 6.07) is 60.9. The minimum absolute atomic E-state index is 0.564. The van der Waals surface area contributed by atoms with Gasteiger partial charge in [0.25, 0.3) is 0 Å². The molecule has 266 valence electrons. The zero-order valence-electron chi connectivity index (χ0n) is 30.3. The van der Waals surface area contributed by atoms with Crippen molar-refractivity contribution in [2.75, 3.05) is 0 Å². The summed E-state index contributed by atoms with van der Waals surface area (Å²) >= 11 is 1.83. The molecule has 12 rings (SSSR count). The summed E-state index contributed by atoms with van der Waals surface area (Å²) in [5.41, 5.74) is 10.6. The first-order valence-electron chi connectivity index (χ1n) is 18.9. The lowest BCUT2D eigenvalue weighted by Gasteiger charge is -2.10. The molecule has 0 aliphatic carbocycles. The van der Waals surface area contributed by atoms with Crippen LogP contribution in [0.5, 0.6) is 0 Å². The van der Waals surface area contributed by atoms with Crippen molar-refractivity contribution in [1.29, 1.82) is 0 Å². The zero-order chi connectivity index (χ0) is 37.5. The molecule has 57 heavy (non-hydrogen) atoms. The Labute approximate surface area is 330 Å². The molecule has 6 heteroatoms. The van der Waals surface area contributed by atoms with E-state index in [0.29, 0.717) is 17.5 Å². The number of benzene rings is 8. The van der Waals surface area contributed by atoms with Gasteiger partial charge in [-0.3, -0.25) is 0 Å². The molecule has 0 aliphatic rings. The molecule has 0 N–H and O–H groups in total. The van der Waals surface area contributed by atoms with E-state index in [9.17, 15) is 0 Å². The second-order valence-electron chi connectivity index (χ2n) is 14.3. The van der Waals surface area contributed by atoms with Gasteiger partial charge < -0.3 is 8.83 Å². The Morgan fingerprint density at radius 2 is 0.912 bits per heavy atom. The van der Waals surface area contributed by atoms with Crippen LogP contribution in [0, 0.1) is 0 Å². The van der Waals surface area contributed by atoms with Gasteiger partial charge in [-0.15, -0.1) is 11.3 Å². The highest BCUT2D eigenvalue weighted by Gasteiger charge is 2.21. The predicted octanol–water partition coefficient (Wildman–Crippen LogP) is 14.4. The summed E-state index contributed by atoms with van der Waals surface area (Å²) in [7, 11) is 0. The van der Waals surface area contributed by atoms with Crippen LogP contribution >= 0.6 is 11.3 Å². The average molecular weight is 748 g/mol. The predicted molar refractivity (Wildman–Crippen MR) is 234 cm³/mol. The molecule has 0 atom stereocenters. The molecule has 0 saturated heterocycles. The SMILES string of the molecule is c1ccc(-c2nc(-c3ccccc3)nc(-c3cccc4c3oc3ccc(-c5ccc(-c6cccc7c6oc6ccccc67)c6sc7ccccc7c56)cc34)n2)cc1. The Hall–Kier alpha value is -7.41. The lowest BCUT2D eigenvalue weighted by molar-refractivity contribution is 0.669. The van der Waals surface area contributed by atoms with E-state index in [-0.39, 0.29) is 0 Å². The van der Waals surface area contributed by atoms with Gasteiger partial charge in [0.2, 0.25) is 0 Å². The quantitative estimate of drug-likeness (QED) is 0.175. The highest BCUT2D eigenvalue weighted by Crippen LogP contribution is 2.48. The molecule has 0 spiro atoms. The normalized spacial score (nSPS) is 11.9. The van der Waals surface area contributed by atoms with Gasteiger partial charge in [0.1, 0.15) is 22.3 Å². The summed E-state index contributed by atoms with van der Waals surface area (Å²) in [4.78, 5) is 14.9. The van der Waals surface area contributed by atoms with Crippen molar-refractivity contribution in [1.82, 2.24) is 15.0 Å². The monoisotopic (exact) mass is 747 g/mol. The van der Waals surface area contributed by atoms with Crippen LogP contribution in [0.15, 0.2) is 185 Å². The van der Waals surface area contributed by atoms with Crippen LogP contribution in [0.1, 0.15) is 0 Å². The van der Waals surface area contributed by atoms with Crippen molar-refractivity contribution in [3.63, 3.8) is 0 Å². The second kappa shape index (κ2) is 12.6. The van der Waals surface area contributed by atoms with Gasteiger partial charge in [-0.25, -0.2) is 15.0 Å². The molecule has 0 fully saturated rings. The number of nitrogens with zero attached hydrogens (tertiary/aromatic N) is 3. The van der Waals surface area contributed by atoms with E-state index in [1.165, 1.54) is 31.3 Å². The third-order valence-electron chi connectivity index (χ3n) is 11.0. The minimum Gasteiger partial charge on any atom is -0.455 e. The van der Waals surface area contributed by atoms with E-state index in [0.717, 1.165) is 71.7 Å². The smallest absolute Gasteiger partial charge is 0.167 e. The number of para-hydroxylation sites is 3. The first kappa shape index (κ1) is 31.9. The van der Waals surface area contributed by atoms with Crippen LogP contribution in [0.2, 0.25) is 0 Å². The topological polar surface area (TPSA) is 65.0 Å². The highest BCUT2D eigenvalue weighted by molar-refractivity contribution is 7.26. The van der Waals surface area contributed by atoms with Crippen molar-refractivity contribution in [2.45, 2.75) is 0 Å². The maximum absolute atomic E-state index is 6.70. The number of aromatic nitrogens is 3. The summed E-state index contributed by atoms with van der Waals surface area (Å²) in [6.45, 7) is 0. The van der Waals surface area contributed by atoms with Gasteiger partial charge in [-0.2, -0.15) is 0 Å². The summed E-state index contributed by atoms with van der Waals surface area (Å²) in [5.74, 6) is 1.79. The van der Waals surface area contributed by atoms with Crippen LogP contribution in [0.25, 0.3) is 120 Å². The standard InChI is InChI=1S/C51H29N3O2S/c1-3-13-30(14-4-1)49-52-50(31-15-5-2-6-16-31)54-51(53-49)40-22-12-21-37-41-29-32(25-28-43(41)56-47(37)40)33-26-27-38(48-45(33)39-18-8-10-24-44(39)57-48)36-20-11-19-35-34-17-7-9-23-42(34)55-46(35)36/h1-29H. The Balaban J connectivity index is 1.04. The van der Waals surface area contributed by atoms with Gasteiger partial charge in [0.15, 0.2) is 17.5 Å².